The van der Waals surface area contributed by atoms with E-state index in [2.05, 4.69) is 14.8 Å². The molecule has 5 rings (SSSR count). The van der Waals surface area contributed by atoms with Crippen molar-refractivity contribution in [2.24, 2.45) is 7.05 Å². The molecule has 0 aliphatic heterocycles. The lowest BCUT2D eigenvalue weighted by atomic mass is 10.2. The summed E-state index contributed by atoms with van der Waals surface area (Å²) in [5.74, 6) is 0. The first-order valence-corrected chi connectivity index (χ1v) is 13.2. The summed E-state index contributed by atoms with van der Waals surface area (Å²) >= 11 is 0.889. The first-order chi connectivity index (χ1) is 16.6. The van der Waals surface area contributed by atoms with Gasteiger partial charge in [-0.15, -0.1) is 11.3 Å². The average Bonchev–Trinajstić information content (AvgIpc) is 3.19. The molecule has 1 saturated carbocycles. The lowest BCUT2D eigenvalue weighted by molar-refractivity contribution is 0.281. The van der Waals surface area contributed by atoms with E-state index in [1.54, 1.807) is 36.4 Å². The number of sulfonamides is 1. The number of hydrogen-bond donors (Lipinski definition) is 2. The summed E-state index contributed by atoms with van der Waals surface area (Å²) in [4.78, 5) is 31.3. The summed E-state index contributed by atoms with van der Waals surface area (Å²) in [5.41, 5.74) is 0.245. The maximum atomic E-state index is 13.5. The van der Waals surface area contributed by atoms with Crippen molar-refractivity contribution in [1.82, 2.24) is 28.6 Å². The van der Waals surface area contributed by atoms with Gasteiger partial charge >= 0.3 is 5.69 Å². The van der Waals surface area contributed by atoms with E-state index in [0.29, 0.717) is 16.7 Å². The van der Waals surface area contributed by atoms with Crippen LogP contribution < -0.4 is 16.0 Å². The Balaban J connectivity index is 1.68. The van der Waals surface area contributed by atoms with Crippen molar-refractivity contribution in [3.63, 3.8) is 0 Å². The molecule has 4 heterocycles. The van der Waals surface area contributed by atoms with Gasteiger partial charge in [0.05, 0.1) is 31.3 Å². The second kappa shape index (κ2) is 8.52. The number of rotatable bonds is 8. The van der Waals surface area contributed by atoms with Gasteiger partial charge in [-0.05, 0) is 43.0 Å². The van der Waals surface area contributed by atoms with Crippen LogP contribution in [0.1, 0.15) is 36.5 Å². The molecule has 0 aromatic carbocycles. The van der Waals surface area contributed by atoms with E-state index in [1.807, 2.05) is 6.92 Å². The van der Waals surface area contributed by atoms with Crippen LogP contribution in [0, 0.1) is 0 Å². The molecule has 0 unspecified atom stereocenters. The fraction of sp³-hybridized carbons (Fsp3) is 0.364. The van der Waals surface area contributed by atoms with Crippen LogP contribution in [0.3, 0.4) is 0 Å². The number of thiophene rings is 1. The molecule has 13 heteroatoms. The fourth-order valence-corrected chi connectivity index (χ4v) is 6.79. The van der Waals surface area contributed by atoms with Gasteiger partial charge in [-0.25, -0.2) is 17.9 Å². The SMILES string of the molecule is Cn1cc(Cn2c(=O)c3cc(S(=O)(=O)NC4(C)CC4)sc3n(Cc3cncc(CO)c3)c2=O)cn1. The number of fused-ring (bicyclic) bond motifs is 1. The van der Waals surface area contributed by atoms with Crippen LogP contribution in [0.5, 0.6) is 0 Å². The number of aliphatic hydroxyl groups is 1. The molecule has 1 aliphatic rings. The minimum atomic E-state index is -3.87. The topological polar surface area (TPSA) is 141 Å². The average molecular weight is 517 g/mol. The van der Waals surface area contributed by atoms with Gasteiger partial charge in [-0.1, -0.05) is 0 Å². The quantitative estimate of drug-likeness (QED) is 0.352. The number of nitrogens with one attached hydrogen (secondary N) is 1. The van der Waals surface area contributed by atoms with E-state index in [1.165, 1.54) is 16.8 Å². The van der Waals surface area contributed by atoms with E-state index in [9.17, 15) is 23.1 Å². The third-order valence-electron chi connectivity index (χ3n) is 5.99. The van der Waals surface area contributed by atoms with Crippen LogP contribution in [0.25, 0.3) is 10.2 Å². The smallest absolute Gasteiger partial charge is 0.332 e. The van der Waals surface area contributed by atoms with Gasteiger partial charge < -0.3 is 5.11 Å². The summed E-state index contributed by atoms with van der Waals surface area (Å²) in [7, 11) is -2.13. The van der Waals surface area contributed by atoms with Crippen molar-refractivity contribution >= 4 is 31.6 Å². The van der Waals surface area contributed by atoms with E-state index in [0.717, 1.165) is 28.7 Å². The summed E-state index contributed by atoms with van der Waals surface area (Å²) in [6, 6.07) is 3.05. The molecule has 4 aromatic heterocycles. The highest BCUT2D eigenvalue weighted by molar-refractivity contribution is 7.91. The van der Waals surface area contributed by atoms with E-state index in [4.69, 9.17) is 0 Å². The molecule has 0 atom stereocenters. The minimum absolute atomic E-state index is 0.00930. The zero-order valence-electron chi connectivity index (χ0n) is 19.1. The summed E-state index contributed by atoms with van der Waals surface area (Å²) < 4.78 is 32.8. The number of aryl methyl sites for hydroxylation is 1. The Bertz CT molecular complexity index is 1660. The predicted octanol–water partition coefficient (Wildman–Crippen LogP) is 0.773. The van der Waals surface area contributed by atoms with Crippen LogP contribution in [-0.2, 0) is 36.8 Å². The van der Waals surface area contributed by atoms with Crippen molar-refractivity contribution in [3.8, 4) is 0 Å². The van der Waals surface area contributed by atoms with Gasteiger partial charge in [0, 0.05) is 36.7 Å². The number of aliphatic hydroxyl groups excluding tert-OH is 1. The number of hydrogen-bond acceptors (Lipinski definition) is 8. The van der Waals surface area contributed by atoms with Crippen molar-refractivity contribution in [3.05, 3.63) is 74.4 Å². The van der Waals surface area contributed by atoms with Gasteiger partial charge in [0.1, 0.15) is 9.04 Å². The summed E-state index contributed by atoms with van der Waals surface area (Å²) in [6.07, 6.45) is 7.85. The molecule has 35 heavy (non-hydrogen) atoms. The zero-order chi connectivity index (χ0) is 25.0. The molecule has 0 saturated heterocycles. The second-order valence-electron chi connectivity index (χ2n) is 9.09. The third kappa shape index (κ3) is 4.59. The van der Waals surface area contributed by atoms with Crippen LogP contribution in [0.2, 0.25) is 0 Å². The normalized spacial score (nSPS) is 15.1. The van der Waals surface area contributed by atoms with Crippen LogP contribution in [-0.4, -0.2) is 43.0 Å². The summed E-state index contributed by atoms with van der Waals surface area (Å²) in [5, 5.41) is 13.7. The second-order valence-corrected chi connectivity index (χ2v) is 12.0. The first-order valence-electron chi connectivity index (χ1n) is 10.9. The van der Waals surface area contributed by atoms with E-state index >= 15 is 0 Å². The largest absolute Gasteiger partial charge is 0.392 e. The molecule has 0 radical (unpaired) electrons. The van der Waals surface area contributed by atoms with Crippen LogP contribution in [0.4, 0.5) is 0 Å². The van der Waals surface area contributed by atoms with Crippen molar-refractivity contribution in [2.45, 2.75) is 49.2 Å². The monoisotopic (exact) mass is 516 g/mol. The molecule has 184 valence electrons. The Hall–Kier alpha value is -3.13. The molecule has 0 amide bonds. The summed E-state index contributed by atoms with van der Waals surface area (Å²) in [6.45, 7) is 1.66. The van der Waals surface area contributed by atoms with Crippen molar-refractivity contribution < 1.29 is 13.5 Å². The maximum Gasteiger partial charge on any atom is 0.332 e. The lowest BCUT2D eigenvalue weighted by Gasteiger charge is -2.12. The highest BCUT2D eigenvalue weighted by Gasteiger charge is 2.41. The number of pyridine rings is 1. The number of aromatic nitrogens is 5. The fourth-order valence-electron chi connectivity index (χ4n) is 3.89. The van der Waals surface area contributed by atoms with Crippen molar-refractivity contribution in [2.75, 3.05) is 0 Å². The van der Waals surface area contributed by atoms with Gasteiger partial charge in [0.2, 0.25) is 0 Å². The first kappa shape index (κ1) is 23.6. The van der Waals surface area contributed by atoms with Gasteiger partial charge in [-0.2, -0.15) is 5.10 Å². The molecular formula is C22H24N6O5S2. The Kier molecular flexibility index (Phi) is 5.74. The van der Waals surface area contributed by atoms with Crippen molar-refractivity contribution in [1.29, 1.82) is 0 Å². The Morgan fingerprint density at radius 2 is 1.80 bits per heavy atom. The molecule has 0 bridgehead atoms. The standard InChI is InChI=1S/C22H24N6O5S2/c1-22(3-4-22)25-35(32,33)18-6-17-19(30)27(12-16-9-24-26(2)10-16)21(31)28(20(17)34-18)11-14-5-15(13-29)8-23-7-14/h5-10,25,29H,3-4,11-13H2,1-2H3. The zero-order valence-corrected chi connectivity index (χ0v) is 20.8. The Morgan fingerprint density at radius 3 is 2.46 bits per heavy atom. The van der Waals surface area contributed by atoms with Crippen LogP contribution in [0.15, 0.2) is 50.7 Å². The molecule has 1 aliphatic carbocycles. The minimum Gasteiger partial charge on any atom is -0.392 e. The van der Waals surface area contributed by atoms with Crippen LogP contribution >= 0.6 is 11.3 Å². The Labute approximate surface area is 204 Å². The Morgan fingerprint density at radius 1 is 1.09 bits per heavy atom. The van der Waals surface area contributed by atoms with Gasteiger partial charge in [0.15, 0.2) is 0 Å². The molecule has 1 fully saturated rings. The lowest BCUT2D eigenvalue weighted by Crippen LogP contribution is -2.40. The predicted molar refractivity (Wildman–Crippen MR) is 130 cm³/mol. The van der Waals surface area contributed by atoms with Gasteiger partial charge in [-0.3, -0.25) is 23.6 Å². The van der Waals surface area contributed by atoms with E-state index in [-0.39, 0.29) is 34.1 Å². The molecule has 0 spiro atoms. The third-order valence-corrected chi connectivity index (χ3v) is 9.26. The van der Waals surface area contributed by atoms with E-state index < -0.39 is 26.8 Å². The highest BCUT2D eigenvalue weighted by Crippen LogP contribution is 2.37. The number of nitrogens with zero attached hydrogens (tertiary/aromatic N) is 5. The molecule has 11 nitrogen and oxygen atoms in total. The molecule has 2 N–H and O–H groups in total. The van der Waals surface area contributed by atoms with Gasteiger partial charge in [0.25, 0.3) is 15.6 Å². The molecular weight excluding hydrogens is 492 g/mol. The highest BCUT2D eigenvalue weighted by atomic mass is 32.2. The maximum absolute atomic E-state index is 13.5. The molecule has 4 aromatic rings.